The Bertz CT molecular complexity index is 684. The van der Waals surface area contributed by atoms with Crippen molar-refractivity contribution in [2.75, 3.05) is 0 Å². The van der Waals surface area contributed by atoms with Gasteiger partial charge in [0.2, 0.25) is 5.91 Å². The fourth-order valence-corrected chi connectivity index (χ4v) is 2.83. The maximum Gasteiger partial charge on any atom is 0.322 e. The maximum atomic E-state index is 11.9. The largest absolute Gasteiger partial charge is 0.487 e. The fourth-order valence-electron chi connectivity index (χ4n) is 2.83. The van der Waals surface area contributed by atoms with E-state index >= 15 is 0 Å². The van der Waals surface area contributed by atoms with E-state index in [1.54, 1.807) is 0 Å². The highest BCUT2D eigenvalue weighted by molar-refractivity contribution is 6.05. The van der Waals surface area contributed by atoms with Crippen LogP contribution in [0.2, 0.25) is 0 Å². The molecule has 122 valence electrons. The van der Waals surface area contributed by atoms with E-state index in [0.717, 1.165) is 23.3 Å². The van der Waals surface area contributed by atoms with Crippen molar-refractivity contribution in [2.24, 2.45) is 0 Å². The predicted octanol–water partition coefficient (Wildman–Crippen LogP) is 0.614. The monoisotopic (exact) mass is 317 g/mol. The van der Waals surface area contributed by atoms with Crippen molar-refractivity contribution in [3.8, 4) is 5.75 Å². The van der Waals surface area contributed by atoms with Crippen LogP contribution in [0, 0.1) is 0 Å². The number of fused-ring (bicyclic) bond motifs is 1. The summed E-state index contributed by atoms with van der Waals surface area (Å²) in [6.07, 6.45) is 0.761. The van der Waals surface area contributed by atoms with E-state index in [2.05, 4.69) is 16.0 Å². The highest BCUT2D eigenvalue weighted by Gasteiger charge is 2.31. The quantitative estimate of drug-likeness (QED) is 0.709. The average Bonchev–Trinajstić information content (AvgIpc) is 2.93. The van der Waals surface area contributed by atoms with Gasteiger partial charge in [-0.25, -0.2) is 4.79 Å². The molecular weight excluding hydrogens is 298 g/mol. The van der Waals surface area contributed by atoms with E-state index in [4.69, 9.17) is 4.74 Å². The molecule has 2 aliphatic heterocycles. The van der Waals surface area contributed by atoms with Crippen LogP contribution < -0.4 is 20.7 Å². The van der Waals surface area contributed by atoms with Crippen LogP contribution in [0.1, 0.15) is 31.4 Å². The van der Waals surface area contributed by atoms with Crippen LogP contribution in [0.5, 0.6) is 5.75 Å². The Morgan fingerprint density at radius 1 is 1.39 bits per heavy atom. The lowest BCUT2D eigenvalue weighted by molar-refractivity contribution is -0.126. The molecule has 0 saturated carbocycles. The van der Waals surface area contributed by atoms with Gasteiger partial charge in [0.25, 0.3) is 5.91 Å². The number of amides is 4. The SMILES string of the molecule is CC1(C)Cc2cc(CNC(=O)C[C@@H]3NC(=O)NC3=O)ccc2O1. The smallest absolute Gasteiger partial charge is 0.322 e. The summed E-state index contributed by atoms with van der Waals surface area (Å²) in [5, 5.41) is 7.26. The topological polar surface area (TPSA) is 96.5 Å². The Labute approximate surface area is 133 Å². The minimum Gasteiger partial charge on any atom is -0.487 e. The summed E-state index contributed by atoms with van der Waals surface area (Å²) in [4.78, 5) is 34.3. The van der Waals surface area contributed by atoms with E-state index in [-0.39, 0.29) is 17.9 Å². The van der Waals surface area contributed by atoms with Gasteiger partial charge in [-0.05, 0) is 31.0 Å². The minimum atomic E-state index is -0.795. The number of hydrogen-bond donors (Lipinski definition) is 3. The van der Waals surface area contributed by atoms with Gasteiger partial charge < -0.3 is 15.4 Å². The van der Waals surface area contributed by atoms with Crippen LogP contribution in [0.25, 0.3) is 0 Å². The minimum absolute atomic E-state index is 0.0708. The molecule has 0 aliphatic carbocycles. The molecule has 1 saturated heterocycles. The molecule has 2 aliphatic rings. The number of urea groups is 1. The number of nitrogens with one attached hydrogen (secondary N) is 3. The first kappa shape index (κ1) is 15.3. The summed E-state index contributed by atoms with van der Waals surface area (Å²) in [6, 6.07) is 4.49. The standard InChI is InChI=1S/C16H19N3O4/c1-16(2)7-10-5-9(3-4-12(10)23-16)8-17-13(20)6-11-14(21)19-15(22)18-11/h3-5,11H,6-8H2,1-2H3,(H,17,20)(H2,18,19,21,22)/t11-/m0/s1. The number of carbonyl (C=O) groups excluding carboxylic acids is 3. The molecule has 1 fully saturated rings. The third kappa shape index (κ3) is 3.44. The Hall–Kier alpha value is -2.57. The lowest BCUT2D eigenvalue weighted by atomic mass is 10.0. The van der Waals surface area contributed by atoms with Crippen molar-refractivity contribution in [1.82, 2.24) is 16.0 Å². The molecule has 0 spiro atoms. The number of imide groups is 1. The molecule has 0 bridgehead atoms. The molecule has 7 heteroatoms. The normalized spacial score (nSPS) is 21.2. The molecule has 3 rings (SSSR count). The summed E-state index contributed by atoms with van der Waals surface area (Å²) in [5.74, 6) is 0.127. The number of hydrogen-bond acceptors (Lipinski definition) is 4. The molecular formula is C16H19N3O4. The fraction of sp³-hybridized carbons (Fsp3) is 0.438. The molecule has 7 nitrogen and oxygen atoms in total. The molecule has 23 heavy (non-hydrogen) atoms. The Morgan fingerprint density at radius 2 is 2.17 bits per heavy atom. The summed E-state index contributed by atoms with van der Waals surface area (Å²) in [6.45, 7) is 4.44. The average molecular weight is 317 g/mol. The molecule has 1 atom stereocenters. The number of ether oxygens (including phenoxy) is 1. The van der Waals surface area contributed by atoms with Crippen molar-refractivity contribution >= 4 is 17.8 Å². The predicted molar refractivity (Wildman–Crippen MR) is 81.8 cm³/mol. The molecule has 0 aromatic heterocycles. The lowest BCUT2D eigenvalue weighted by Crippen LogP contribution is -2.36. The van der Waals surface area contributed by atoms with E-state index in [1.807, 2.05) is 32.0 Å². The Balaban J connectivity index is 1.54. The molecule has 1 aromatic carbocycles. The molecule has 0 radical (unpaired) electrons. The summed E-state index contributed by atoms with van der Waals surface area (Å²) < 4.78 is 5.81. The van der Waals surface area contributed by atoms with Crippen LogP contribution in [-0.4, -0.2) is 29.5 Å². The Kier molecular flexibility index (Phi) is 3.71. The lowest BCUT2D eigenvalue weighted by Gasteiger charge is -2.16. The van der Waals surface area contributed by atoms with Gasteiger partial charge in [-0.2, -0.15) is 0 Å². The number of rotatable bonds is 4. The van der Waals surface area contributed by atoms with Crippen LogP contribution >= 0.6 is 0 Å². The van der Waals surface area contributed by atoms with Crippen molar-refractivity contribution in [3.05, 3.63) is 29.3 Å². The first-order valence-electron chi connectivity index (χ1n) is 7.51. The van der Waals surface area contributed by atoms with E-state index in [9.17, 15) is 14.4 Å². The van der Waals surface area contributed by atoms with Crippen molar-refractivity contribution in [3.63, 3.8) is 0 Å². The molecule has 2 heterocycles. The highest BCUT2D eigenvalue weighted by Crippen LogP contribution is 2.35. The number of carbonyl (C=O) groups is 3. The second kappa shape index (κ2) is 5.57. The second-order valence-electron chi connectivity index (χ2n) is 6.48. The van der Waals surface area contributed by atoms with Gasteiger partial charge in [0.1, 0.15) is 17.4 Å². The van der Waals surface area contributed by atoms with Gasteiger partial charge in [-0.1, -0.05) is 12.1 Å². The third-order valence-corrected chi connectivity index (χ3v) is 3.87. The van der Waals surface area contributed by atoms with Crippen LogP contribution in [0.4, 0.5) is 4.79 Å². The van der Waals surface area contributed by atoms with Crippen LogP contribution in [0.15, 0.2) is 18.2 Å². The van der Waals surface area contributed by atoms with Crippen molar-refractivity contribution in [1.29, 1.82) is 0 Å². The van der Waals surface area contributed by atoms with Gasteiger partial charge in [-0.15, -0.1) is 0 Å². The van der Waals surface area contributed by atoms with Crippen molar-refractivity contribution in [2.45, 2.75) is 44.9 Å². The zero-order chi connectivity index (χ0) is 16.6. The van der Waals surface area contributed by atoms with Crippen LogP contribution in [0.3, 0.4) is 0 Å². The van der Waals surface area contributed by atoms with E-state index in [0.29, 0.717) is 6.54 Å². The molecule has 3 N–H and O–H groups in total. The number of benzene rings is 1. The molecule has 1 aromatic rings. The summed E-state index contributed by atoms with van der Waals surface area (Å²) in [7, 11) is 0. The first-order chi connectivity index (χ1) is 10.8. The summed E-state index contributed by atoms with van der Waals surface area (Å²) in [5.41, 5.74) is 1.90. The van der Waals surface area contributed by atoms with Gasteiger partial charge >= 0.3 is 6.03 Å². The van der Waals surface area contributed by atoms with Gasteiger partial charge in [-0.3, -0.25) is 14.9 Å². The first-order valence-corrected chi connectivity index (χ1v) is 7.51. The van der Waals surface area contributed by atoms with Gasteiger partial charge in [0.15, 0.2) is 0 Å². The zero-order valence-corrected chi connectivity index (χ0v) is 13.1. The van der Waals surface area contributed by atoms with E-state index < -0.39 is 18.0 Å². The second-order valence-corrected chi connectivity index (χ2v) is 6.48. The van der Waals surface area contributed by atoms with Gasteiger partial charge in [0.05, 0.1) is 6.42 Å². The summed E-state index contributed by atoms with van der Waals surface area (Å²) >= 11 is 0. The Morgan fingerprint density at radius 3 is 2.87 bits per heavy atom. The molecule has 0 unspecified atom stereocenters. The molecule has 4 amide bonds. The highest BCUT2D eigenvalue weighted by atomic mass is 16.5. The van der Waals surface area contributed by atoms with Crippen molar-refractivity contribution < 1.29 is 19.1 Å². The zero-order valence-electron chi connectivity index (χ0n) is 13.1. The maximum absolute atomic E-state index is 11.9. The third-order valence-electron chi connectivity index (χ3n) is 3.87. The van der Waals surface area contributed by atoms with E-state index in [1.165, 1.54) is 0 Å². The van der Waals surface area contributed by atoms with Crippen LogP contribution in [-0.2, 0) is 22.6 Å². The van der Waals surface area contributed by atoms with Gasteiger partial charge in [0, 0.05) is 13.0 Å².